The van der Waals surface area contributed by atoms with Gasteiger partial charge < -0.3 is 14.7 Å². The lowest BCUT2D eigenvalue weighted by Gasteiger charge is -2.30. The fourth-order valence-corrected chi connectivity index (χ4v) is 4.98. The first kappa shape index (κ1) is 22.2. The number of para-hydroxylation sites is 1. The molecule has 166 valence electrons. The highest BCUT2D eigenvalue weighted by Crippen LogP contribution is 2.34. The van der Waals surface area contributed by atoms with Crippen LogP contribution in [-0.2, 0) is 17.9 Å². The molecule has 0 amide bonds. The van der Waals surface area contributed by atoms with E-state index in [0.29, 0.717) is 19.7 Å². The Labute approximate surface area is 193 Å². The Bertz CT molecular complexity index is 1030. The van der Waals surface area contributed by atoms with Crippen molar-refractivity contribution >= 4 is 23.4 Å². The Hall–Kier alpha value is -2.96. The number of anilines is 1. The summed E-state index contributed by atoms with van der Waals surface area (Å²) in [6.45, 7) is 3.59. The molecule has 0 fully saturated rings. The highest BCUT2D eigenvalue weighted by molar-refractivity contribution is 7.99. The van der Waals surface area contributed by atoms with Gasteiger partial charge in [-0.05, 0) is 35.4 Å². The van der Waals surface area contributed by atoms with Gasteiger partial charge in [-0.1, -0.05) is 54.6 Å². The first-order chi connectivity index (χ1) is 15.7. The molecular weight excluding hydrogens is 420 g/mol. The Morgan fingerprint density at radius 2 is 1.72 bits per heavy atom. The molecule has 32 heavy (non-hydrogen) atoms. The van der Waals surface area contributed by atoms with Crippen molar-refractivity contribution in [3.63, 3.8) is 0 Å². The van der Waals surface area contributed by atoms with Crippen molar-refractivity contribution in [2.24, 2.45) is 0 Å². The molecule has 1 aliphatic heterocycles. The van der Waals surface area contributed by atoms with Gasteiger partial charge in [0.05, 0.1) is 18.8 Å². The Morgan fingerprint density at radius 1 is 0.969 bits per heavy atom. The summed E-state index contributed by atoms with van der Waals surface area (Å²) in [5.74, 6) is 1.08. The number of rotatable bonds is 10. The zero-order valence-electron chi connectivity index (χ0n) is 18.0. The predicted octanol–water partition coefficient (Wildman–Crippen LogP) is 4.76. The van der Waals surface area contributed by atoms with Crippen molar-refractivity contribution in [3.05, 3.63) is 90.0 Å². The quantitative estimate of drug-likeness (QED) is 0.482. The van der Waals surface area contributed by atoms with Crippen molar-refractivity contribution in [1.82, 2.24) is 4.90 Å². The van der Waals surface area contributed by atoms with Crippen LogP contribution in [0.25, 0.3) is 0 Å². The molecule has 0 radical (unpaired) electrons. The van der Waals surface area contributed by atoms with Crippen LogP contribution < -0.4 is 9.64 Å². The second-order valence-corrected chi connectivity index (χ2v) is 8.96. The summed E-state index contributed by atoms with van der Waals surface area (Å²) >= 11 is 1.91. The highest BCUT2D eigenvalue weighted by atomic mass is 32.2. The Balaban J connectivity index is 1.35. The van der Waals surface area contributed by atoms with Crippen LogP contribution in [0.2, 0.25) is 0 Å². The molecule has 0 aromatic heterocycles. The van der Waals surface area contributed by atoms with Crippen LogP contribution in [0.4, 0.5) is 5.69 Å². The first-order valence-corrected chi connectivity index (χ1v) is 11.8. The normalized spacial score (nSPS) is 13.1. The van der Waals surface area contributed by atoms with Crippen LogP contribution in [0.3, 0.4) is 0 Å². The number of carbonyl (C=O) groups is 1. The zero-order valence-corrected chi connectivity index (χ0v) is 18.8. The van der Waals surface area contributed by atoms with Gasteiger partial charge in [-0.2, -0.15) is 0 Å². The molecule has 0 saturated carbocycles. The van der Waals surface area contributed by atoms with Gasteiger partial charge in [0.15, 0.2) is 0 Å². The maximum absolute atomic E-state index is 11.4. The number of hydrogen-bond donors (Lipinski definition) is 1. The molecule has 1 aliphatic rings. The fourth-order valence-electron chi connectivity index (χ4n) is 3.93. The third-order valence-corrected chi connectivity index (χ3v) is 6.41. The largest absolute Gasteiger partial charge is 0.492 e. The van der Waals surface area contributed by atoms with Crippen LogP contribution in [0.15, 0.2) is 83.8 Å². The Morgan fingerprint density at radius 3 is 2.56 bits per heavy atom. The molecule has 0 saturated heterocycles. The molecule has 6 heteroatoms. The maximum atomic E-state index is 11.4. The van der Waals surface area contributed by atoms with Gasteiger partial charge in [0.1, 0.15) is 12.4 Å². The molecule has 3 aromatic rings. The van der Waals surface area contributed by atoms with Crippen LogP contribution in [0.5, 0.6) is 5.75 Å². The van der Waals surface area contributed by atoms with Crippen LogP contribution in [-0.4, -0.2) is 48.0 Å². The zero-order chi connectivity index (χ0) is 22.2. The second kappa shape index (κ2) is 11.1. The number of carboxylic acids is 1. The molecule has 0 unspecified atom stereocenters. The average Bonchev–Trinajstić information content (AvgIpc) is 2.80. The summed E-state index contributed by atoms with van der Waals surface area (Å²) < 4.78 is 6.06. The topological polar surface area (TPSA) is 53.0 Å². The number of fused-ring (bicyclic) bond motifs is 1. The number of benzene rings is 3. The minimum absolute atomic E-state index is 0.00758. The van der Waals surface area contributed by atoms with E-state index in [1.54, 1.807) is 0 Å². The summed E-state index contributed by atoms with van der Waals surface area (Å²) in [6, 6.07) is 26.4. The number of ether oxygens (including phenoxy) is 1. The molecule has 1 heterocycles. The van der Waals surface area contributed by atoms with Crippen molar-refractivity contribution in [2.45, 2.75) is 18.0 Å². The van der Waals surface area contributed by atoms with Crippen molar-refractivity contribution in [3.8, 4) is 5.75 Å². The van der Waals surface area contributed by atoms with Gasteiger partial charge in [-0.25, -0.2) is 0 Å². The summed E-state index contributed by atoms with van der Waals surface area (Å²) in [4.78, 5) is 17.0. The van der Waals surface area contributed by atoms with Crippen molar-refractivity contribution in [2.75, 3.05) is 36.9 Å². The van der Waals surface area contributed by atoms with E-state index in [1.807, 2.05) is 71.3 Å². The Kier molecular flexibility index (Phi) is 7.69. The smallest absolute Gasteiger partial charge is 0.317 e. The fraction of sp³-hybridized carbons (Fsp3) is 0.269. The minimum atomic E-state index is -0.826. The van der Waals surface area contributed by atoms with Gasteiger partial charge in [0.25, 0.3) is 0 Å². The first-order valence-electron chi connectivity index (χ1n) is 10.8. The molecule has 1 N–H and O–H groups in total. The predicted molar refractivity (Wildman–Crippen MR) is 130 cm³/mol. The lowest BCUT2D eigenvalue weighted by molar-refractivity contribution is -0.138. The van der Waals surface area contributed by atoms with Crippen LogP contribution in [0.1, 0.15) is 11.1 Å². The van der Waals surface area contributed by atoms with Crippen molar-refractivity contribution < 1.29 is 14.6 Å². The van der Waals surface area contributed by atoms with E-state index in [-0.39, 0.29) is 6.54 Å². The number of carboxylic acid groups (broad SMARTS) is 1. The molecule has 0 bridgehead atoms. The molecule has 4 rings (SSSR count). The van der Waals surface area contributed by atoms with Gasteiger partial charge >= 0.3 is 5.97 Å². The number of thioether (sulfide) groups is 1. The monoisotopic (exact) mass is 448 g/mol. The molecule has 0 aliphatic carbocycles. The third kappa shape index (κ3) is 6.28. The lowest BCUT2D eigenvalue weighted by Crippen LogP contribution is -2.33. The molecule has 0 atom stereocenters. The highest BCUT2D eigenvalue weighted by Gasteiger charge is 2.16. The minimum Gasteiger partial charge on any atom is -0.492 e. The maximum Gasteiger partial charge on any atom is 0.317 e. The number of nitrogens with zero attached hydrogens (tertiary/aromatic N) is 2. The summed E-state index contributed by atoms with van der Waals surface area (Å²) in [5.41, 5.74) is 3.42. The van der Waals surface area contributed by atoms with E-state index in [1.165, 1.54) is 10.6 Å². The second-order valence-electron chi connectivity index (χ2n) is 7.82. The SMILES string of the molecule is O=C(O)CN(Cc1ccccc1)Cc1cccc(OCCN2CCSc3ccccc32)c1. The lowest BCUT2D eigenvalue weighted by atomic mass is 10.1. The number of aliphatic carboxylic acids is 1. The van der Waals surface area contributed by atoms with Crippen LogP contribution >= 0.6 is 11.8 Å². The van der Waals surface area contributed by atoms with E-state index in [0.717, 1.165) is 35.7 Å². The van der Waals surface area contributed by atoms with E-state index in [4.69, 9.17) is 4.74 Å². The molecular formula is C26H28N2O3S. The van der Waals surface area contributed by atoms with Gasteiger partial charge in [-0.15, -0.1) is 11.8 Å². The van der Waals surface area contributed by atoms with E-state index >= 15 is 0 Å². The molecule has 0 spiro atoms. The third-order valence-electron chi connectivity index (χ3n) is 5.37. The van der Waals surface area contributed by atoms with E-state index in [2.05, 4.69) is 29.2 Å². The number of hydrogen-bond acceptors (Lipinski definition) is 5. The van der Waals surface area contributed by atoms with Crippen molar-refractivity contribution in [1.29, 1.82) is 0 Å². The average molecular weight is 449 g/mol. The summed E-state index contributed by atoms with van der Waals surface area (Å²) in [6.07, 6.45) is 0. The van der Waals surface area contributed by atoms with E-state index < -0.39 is 5.97 Å². The van der Waals surface area contributed by atoms with Gasteiger partial charge in [0.2, 0.25) is 0 Å². The molecule has 3 aromatic carbocycles. The standard InChI is InChI=1S/C26H28N2O3S/c29-26(30)20-27(18-21-7-2-1-3-8-21)19-22-9-6-10-23(17-22)31-15-13-28-14-16-32-25-12-5-4-11-24(25)28/h1-12,17H,13-16,18-20H2,(H,29,30). The van der Waals surface area contributed by atoms with Crippen LogP contribution in [0, 0.1) is 0 Å². The summed E-state index contributed by atoms with van der Waals surface area (Å²) in [7, 11) is 0. The summed E-state index contributed by atoms with van der Waals surface area (Å²) in [5, 5.41) is 9.33. The van der Waals surface area contributed by atoms with Gasteiger partial charge in [-0.3, -0.25) is 9.69 Å². The van der Waals surface area contributed by atoms with Gasteiger partial charge in [0, 0.05) is 30.3 Å². The molecule has 5 nitrogen and oxygen atoms in total. The van der Waals surface area contributed by atoms with E-state index in [9.17, 15) is 9.90 Å².